The van der Waals surface area contributed by atoms with Crippen LogP contribution in [0.3, 0.4) is 0 Å². The molecule has 4 nitrogen and oxygen atoms in total. The van der Waals surface area contributed by atoms with Gasteiger partial charge < -0.3 is 4.52 Å². The first kappa shape index (κ1) is 14.1. The second-order valence-electron chi connectivity index (χ2n) is 5.21. The maximum Gasteiger partial charge on any atom is 0.248 e. The fourth-order valence-electron chi connectivity index (χ4n) is 2.58. The van der Waals surface area contributed by atoms with Gasteiger partial charge in [0.1, 0.15) is 5.78 Å². The quantitative estimate of drug-likeness (QED) is 0.842. The molecule has 0 aliphatic heterocycles. The van der Waals surface area contributed by atoms with Gasteiger partial charge in [-0.05, 0) is 26.2 Å². The SMILES string of the molecule is CCC(C(C)=O)c1nc(C2CCCC(F)(F)C2)no1. The number of nitrogens with zero attached hydrogens (tertiary/aromatic N) is 2. The van der Waals surface area contributed by atoms with Crippen LogP contribution in [-0.4, -0.2) is 21.8 Å². The topological polar surface area (TPSA) is 56.0 Å². The van der Waals surface area contributed by atoms with Crippen molar-refractivity contribution in [2.75, 3.05) is 0 Å². The van der Waals surface area contributed by atoms with Crippen molar-refractivity contribution in [2.24, 2.45) is 0 Å². The summed E-state index contributed by atoms with van der Waals surface area (Å²) in [6.45, 7) is 3.32. The summed E-state index contributed by atoms with van der Waals surface area (Å²) in [4.78, 5) is 15.6. The minimum Gasteiger partial charge on any atom is -0.339 e. The van der Waals surface area contributed by atoms with Gasteiger partial charge in [-0.2, -0.15) is 4.98 Å². The van der Waals surface area contributed by atoms with Crippen molar-refractivity contribution in [3.63, 3.8) is 0 Å². The van der Waals surface area contributed by atoms with Crippen molar-refractivity contribution in [1.82, 2.24) is 10.1 Å². The zero-order valence-electron chi connectivity index (χ0n) is 11.2. The molecule has 0 saturated heterocycles. The molecule has 0 bridgehead atoms. The van der Waals surface area contributed by atoms with Gasteiger partial charge in [0.15, 0.2) is 5.82 Å². The van der Waals surface area contributed by atoms with E-state index in [1.165, 1.54) is 6.92 Å². The highest BCUT2D eigenvalue weighted by molar-refractivity contribution is 5.82. The molecule has 1 aliphatic carbocycles. The Morgan fingerprint density at radius 2 is 2.32 bits per heavy atom. The lowest BCUT2D eigenvalue weighted by Crippen LogP contribution is -2.25. The number of halogens is 2. The van der Waals surface area contributed by atoms with E-state index in [2.05, 4.69) is 10.1 Å². The highest BCUT2D eigenvalue weighted by Crippen LogP contribution is 2.41. The summed E-state index contributed by atoms with van der Waals surface area (Å²) in [6, 6.07) is 0. The van der Waals surface area contributed by atoms with Crippen LogP contribution in [0.2, 0.25) is 0 Å². The molecular weight excluding hydrogens is 254 g/mol. The number of Topliss-reactive ketones (excluding diaryl/α,β-unsaturated/α-hetero) is 1. The lowest BCUT2D eigenvalue weighted by Gasteiger charge is -2.26. The predicted molar refractivity (Wildman–Crippen MR) is 64.2 cm³/mol. The van der Waals surface area contributed by atoms with Crippen LogP contribution in [0.1, 0.15) is 69.5 Å². The second kappa shape index (κ2) is 5.35. The van der Waals surface area contributed by atoms with Crippen molar-refractivity contribution >= 4 is 5.78 Å². The molecule has 2 unspecified atom stereocenters. The molecule has 106 valence electrons. The van der Waals surface area contributed by atoms with Crippen LogP contribution in [0.4, 0.5) is 8.78 Å². The van der Waals surface area contributed by atoms with Crippen molar-refractivity contribution in [2.45, 2.75) is 63.7 Å². The smallest absolute Gasteiger partial charge is 0.248 e. The van der Waals surface area contributed by atoms with Gasteiger partial charge in [0, 0.05) is 18.8 Å². The zero-order chi connectivity index (χ0) is 14.0. The minimum atomic E-state index is -2.64. The standard InChI is InChI=1S/C13H18F2N2O2/c1-3-10(8(2)18)12-16-11(17-19-12)9-5-4-6-13(14,15)7-9/h9-10H,3-7H2,1-2H3. The number of hydrogen-bond donors (Lipinski definition) is 0. The van der Waals surface area contributed by atoms with Crippen molar-refractivity contribution < 1.29 is 18.1 Å². The number of hydrogen-bond acceptors (Lipinski definition) is 4. The van der Waals surface area contributed by atoms with E-state index >= 15 is 0 Å². The molecular formula is C13H18F2N2O2. The third kappa shape index (κ3) is 3.16. The number of carbonyl (C=O) groups is 1. The Kier molecular flexibility index (Phi) is 3.96. The Balaban J connectivity index is 2.14. The first-order valence-electron chi connectivity index (χ1n) is 6.64. The lowest BCUT2D eigenvalue weighted by atomic mass is 9.86. The number of carbonyl (C=O) groups excluding carboxylic acids is 1. The first-order valence-corrected chi connectivity index (χ1v) is 6.64. The van der Waals surface area contributed by atoms with Crippen LogP contribution < -0.4 is 0 Å². The summed E-state index contributed by atoms with van der Waals surface area (Å²) in [6.07, 6.45) is 1.37. The molecule has 6 heteroatoms. The predicted octanol–water partition coefficient (Wildman–Crippen LogP) is 3.45. The van der Waals surface area contributed by atoms with Crippen LogP contribution in [0.5, 0.6) is 0 Å². The number of alkyl halides is 2. The maximum absolute atomic E-state index is 13.4. The fourth-order valence-corrected chi connectivity index (χ4v) is 2.58. The number of ketones is 1. The summed E-state index contributed by atoms with van der Waals surface area (Å²) in [7, 11) is 0. The monoisotopic (exact) mass is 272 g/mol. The molecule has 0 radical (unpaired) electrons. The summed E-state index contributed by atoms with van der Waals surface area (Å²) in [5.41, 5.74) is 0. The van der Waals surface area contributed by atoms with E-state index in [-0.39, 0.29) is 30.4 Å². The van der Waals surface area contributed by atoms with Crippen molar-refractivity contribution in [1.29, 1.82) is 0 Å². The van der Waals surface area contributed by atoms with E-state index in [9.17, 15) is 13.6 Å². The minimum absolute atomic E-state index is 0.0494. The lowest BCUT2D eigenvalue weighted by molar-refractivity contribution is -0.119. The van der Waals surface area contributed by atoms with E-state index in [4.69, 9.17) is 4.52 Å². The van der Waals surface area contributed by atoms with E-state index in [0.29, 0.717) is 25.1 Å². The molecule has 1 heterocycles. The average Bonchev–Trinajstić information content (AvgIpc) is 2.77. The molecule has 19 heavy (non-hydrogen) atoms. The van der Waals surface area contributed by atoms with E-state index < -0.39 is 11.8 Å². The van der Waals surface area contributed by atoms with Gasteiger partial charge in [-0.15, -0.1) is 0 Å². The van der Waals surface area contributed by atoms with E-state index in [1.54, 1.807) is 0 Å². The average molecular weight is 272 g/mol. The normalized spacial score (nSPS) is 24.1. The summed E-state index contributed by atoms with van der Waals surface area (Å²) in [5, 5.41) is 3.78. The molecule has 0 spiro atoms. The Morgan fingerprint density at radius 3 is 2.89 bits per heavy atom. The summed E-state index contributed by atoms with van der Waals surface area (Å²) < 4.78 is 31.8. The Bertz CT molecular complexity index is 459. The van der Waals surface area contributed by atoms with Gasteiger partial charge in [-0.1, -0.05) is 12.1 Å². The van der Waals surface area contributed by atoms with Gasteiger partial charge in [0.2, 0.25) is 11.8 Å². The molecule has 2 rings (SSSR count). The molecule has 0 N–H and O–H groups in total. The largest absolute Gasteiger partial charge is 0.339 e. The number of aromatic nitrogens is 2. The molecule has 1 saturated carbocycles. The van der Waals surface area contributed by atoms with Crippen LogP contribution in [-0.2, 0) is 4.79 Å². The Labute approximate surface area is 110 Å². The van der Waals surface area contributed by atoms with Crippen molar-refractivity contribution in [3.8, 4) is 0 Å². The van der Waals surface area contributed by atoms with Gasteiger partial charge in [-0.3, -0.25) is 4.79 Å². The molecule has 0 aromatic carbocycles. The molecule has 1 aromatic rings. The summed E-state index contributed by atoms with van der Waals surface area (Å²) in [5.74, 6) is -2.93. The Hall–Kier alpha value is -1.33. The highest BCUT2D eigenvalue weighted by atomic mass is 19.3. The summed E-state index contributed by atoms with van der Waals surface area (Å²) >= 11 is 0. The van der Waals surface area contributed by atoms with E-state index in [0.717, 1.165) is 0 Å². The van der Waals surface area contributed by atoms with Gasteiger partial charge in [0.05, 0.1) is 5.92 Å². The Morgan fingerprint density at radius 1 is 1.58 bits per heavy atom. The third-order valence-electron chi connectivity index (χ3n) is 3.66. The number of rotatable bonds is 4. The van der Waals surface area contributed by atoms with E-state index in [1.807, 2.05) is 6.92 Å². The van der Waals surface area contributed by atoms with Crippen LogP contribution in [0.25, 0.3) is 0 Å². The molecule has 1 fully saturated rings. The fraction of sp³-hybridized carbons (Fsp3) is 0.769. The second-order valence-corrected chi connectivity index (χ2v) is 5.21. The maximum atomic E-state index is 13.4. The van der Waals surface area contributed by atoms with Gasteiger partial charge in [-0.25, -0.2) is 8.78 Å². The third-order valence-corrected chi connectivity index (χ3v) is 3.66. The van der Waals surface area contributed by atoms with Gasteiger partial charge in [0.25, 0.3) is 0 Å². The molecule has 1 aliphatic rings. The van der Waals surface area contributed by atoms with Gasteiger partial charge >= 0.3 is 0 Å². The van der Waals surface area contributed by atoms with Crippen molar-refractivity contribution in [3.05, 3.63) is 11.7 Å². The van der Waals surface area contributed by atoms with Crippen LogP contribution in [0.15, 0.2) is 4.52 Å². The van der Waals surface area contributed by atoms with Crippen LogP contribution >= 0.6 is 0 Å². The molecule has 0 amide bonds. The zero-order valence-corrected chi connectivity index (χ0v) is 11.2. The molecule has 2 atom stereocenters. The van der Waals surface area contributed by atoms with Crippen LogP contribution in [0, 0.1) is 0 Å². The highest BCUT2D eigenvalue weighted by Gasteiger charge is 2.39. The molecule has 1 aromatic heterocycles. The first-order chi connectivity index (χ1) is 8.93.